The summed E-state index contributed by atoms with van der Waals surface area (Å²) >= 11 is 0. The number of nitrogens with zero attached hydrogens (tertiary/aromatic N) is 1. The first kappa shape index (κ1) is 25.8. The average Bonchev–Trinajstić information content (AvgIpc) is 3.13. The lowest BCUT2D eigenvalue weighted by atomic mass is 9.93. The molecule has 7 heteroatoms. The molecule has 192 valence electrons. The van der Waals surface area contributed by atoms with E-state index < -0.39 is 17.7 Å². The monoisotopic (exact) mass is 501 g/mol. The molecular weight excluding hydrogens is 470 g/mol. The van der Waals surface area contributed by atoms with Crippen LogP contribution in [0.3, 0.4) is 0 Å². The van der Waals surface area contributed by atoms with Gasteiger partial charge in [-0.3, -0.25) is 14.5 Å². The molecule has 0 saturated carbocycles. The zero-order valence-electron chi connectivity index (χ0n) is 21.9. The van der Waals surface area contributed by atoms with Gasteiger partial charge in [-0.2, -0.15) is 0 Å². The van der Waals surface area contributed by atoms with Crippen molar-refractivity contribution in [1.82, 2.24) is 0 Å². The van der Waals surface area contributed by atoms with E-state index in [1.165, 1.54) is 12.0 Å². The molecule has 3 aromatic rings. The number of amides is 1. The number of rotatable bonds is 7. The second-order valence-electron chi connectivity index (χ2n) is 9.01. The number of carbonyl (C=O) groups is 2. The summed E-state index contributed by atoms with van der Waals surface area (Å²) in [5.74, 6) is -0.368. The second kappa shape index (κ2) is 10.4. The summed E-state index contributed by atoms with van der Waals surface area (Å²) in [6.07, 6.45) is 0. The summed E-state index contributed by atoms with van der Waals surface area (Å²) in [6.45, 7) is 7.93. The van der Waals surface area contributed by atoms with E-state index in [9.17, 15) is 14.7 Å². The number of aryl methyl sites for hydroxylation is 3. The maximum atomic E-state index is 13.6. The standard InChI is InChI=1S/C30H31NO6/c1-7-37-24-16-20(11-12-23(24)35-5)26-25(27(32)22-15-18(3)13-19(4)29(22)36-6)28(33)30(34)31(26)21-10-8-9-17(2)14-21/h8-16,26,32H,7H2,1-6H3/b27-25+. The number of aliphatic hydroxyl groups is 1. The Hall–Kier alpha value is -4.26. The Morgan fingerprint density at radius 3 is 2.32 bits per heavy atom. The Morgan fingerprint density at radius 1 is 0.919 bits per heavy atom. The number of ketones is 1. The Morgan fingerprint density at radius 2 is 1.68 bits per heavy atom. The lowest BCUT2D eigenvalue weighted by molar-refractivity contribution is -0.132. The predicted octanol–water partition coefficient (Wildman–Crippen LogP) is 5.65. The number of benzene rings is 3. The molecule has 0 radical (unpaired) electrons. The number of anilines is 1. The molecule has 1 heterocycles. The van der Waals surface area contributed by atoms with E-state index in [-0.39, 0.29) is 11.3 Å². The van der Waals surface area contributed by atoms with E-state index in [2.05, 4.69) is 0 Å². The lowest BCUT2D eigenvalue weighted by Gasteiger charge is -2.26. The first-order valence-corrected chi connectivity index (χ1v) is 12.1. The highest BCUT2D eigenvalue weighted by atomic mass is 16.5. The van der Waals surface area contributed by atoms with Gasteiger partial charge in [0.1, 0.15) is 11.5 Å². The largest absolute Gasteiger partial charge is 0.507 e. The van der Waals surface area contributed by atoms with E-state index >= 15 is 0 Å². The zero-order valence-corrected chi connectivity index (χ0v) is 21.9. The van der Waals surface area contributed by atoms with Crippen LogP contribution in [-0.4, -0.2) is 37.6 Å². The van der Waals surface area contributed by atoms with Gasteiger partial charge < -0.3 is 19.3 Å². The fourth-order valence-corrected chi connectivity index (χ4v) is 4.87. The Bertz CT molecular complexity index is 1410. The minimum absolute atomic E-state index is 0.0255. The summed E-state index contributed by atoms with van der Waals surface area (Å²) < 4.78 is 16.8. The first-order valence-electron chi connectivity index (χ1n) is 12.1. The van der Waals surface area contributed by atoms with Crippen molar-refractivity contribution in [2.75, 3.05) is 25.7 Å². The molecule has 0 bridgehead atoms. The number of hydrogen-bond donors (Lipinski definition) is 1. The van der Waals surface area contributed by atoms with Crippen molar-refractivity contribution < 1.29 is 28.9 Å². The molecule has 1 saturated heterocycles. The molecule has 1 unspecified atom stereocenters. The van der Waals surface area contributed by atoms with Gasteiger partial charge in [0.15, 0.2) is 11.5 Å². The molecule has 1 aliphatic rings. The smallest absolute Gasteiger partial charge is 0.300 e. The number of hydrogen-bond acceptors (Lipinski definition) is 6. The van der Waals surface area contributed by atoms with Gasteiger partial charge in [0.25, 0.3) is 11.7 Å². The van der Waals surface area contributed by atoms with Crippen LogP contribution in [-0.2, 0) is 9.59 Å². The molecule has 7 nitrogen and oxygen atoms in total. The highest BCUT2D eigenvalue weighted by Crippen LogP contribution is 2.45. The zero-order chi connectivity index (χ0) is 26.9. The van der Waals surface area contributed by atoms with Crippen molar-refractivity contribution in [1.29, 1.82) is 0 Å². The van der Waals surface area contributed by atoms with E-state index in [4.69, 9.17) is 14.2 Å². The molecule has 0 spiro atoms. The molecule has 0 aromatic heterocycles. The molecule has 1 aliphatic heterocycles. The first-order chi connectivity index (χ1) is 17.7. The topological polar surface area (TPSA) is 85.3 Å². The van der Waals surface area contributed by atoms with Crippen LogP contribution in [0.2, 0.25) is 0 Å². The van der Waals surface area contributed by atoms with Crippen LogP contribution in [0.5, 0.6) is 17.2 Å². The molecule has 4 rings (SSSR count). The van der Waals surface area contributed by atoms with Crippen LogP contribution >= 0.6 is 0 Å². The summed E-state index contributed by atoms with van der Waals surface area (Å²) in [5.41, 5.74) is 4.08. The fourth-order valence-electron chi connectivity index (χ4n) is 4.87. The molecule has 3 aromatic carbocycles. The van der Waals surface area contributed by atoms with Gasteiger partial charge >= 0.3 is 0 Å². The van der Waals surface area contributed by atoms with Crippen LogP contribution in [0.1, 0.15) is 40.8 Å². The van der Waals surface area contributed by atoms with Crippen LogP contribution in [0, 0.1) is 20.8 Å². The number of carbonyl (C=O) groups excluding carboxylic acids is 2. The number of methoxy groups -OCH3 is 2. The molecular formula is C30H31NO6. The highest BCUT2D eigenvalue weighted by Gasteiger charge is 2.47. The van der Waals surface area contributed by atoms with Crippen LogP contribution in [0.4, 0.5) is 5.69 Å². The van der Waals surface area contributed by atoms with E-state index in [1.54, 1.807) is 37.4 Å². The van der Waals surface area contributed by atoms with Gasteiger partial charge in [-0.15, -0.1) is 0 Å². The van der Waals surface area contributed by atoms with Gasteiger partial charge in [0.05, 0.1) is 38.0 Å². The van der Waals surface area contributed by atoms with Gasteiger partial charge in [-0.05, 0) is 80.3 Å². The quantitative estimate of drug-likeness (QED) is 0.256. The number of aliphatic hydroxyl groups excluding tert-OH is 1. The minimum atomic E-state index is -0.905. The fraction of sp³-hybridized carbons (Fsp3) is 0.267. The van der Waals surface area contributed by atoms with Gasteiger partial charge in [0, 0.05) is 5.69 Å². The van der Waals surface area contributed by atoms with Gasteiger partial charge in [-0.1, -0.05) is 24.3 Å². The van der Waals surface area contributed by atoms with Crippen molar-refractivity contribution in [3.8, 4) is 17.2 Å². The van der Waals surface area contributed by atoms with E-state index in [1.807, 2.05) is 52.0 Å². The predicted molar refractivity (Wildman–Crippen MR) is 143 cm³/mol. The van der Waals surface area contributed by atoms with Crippen molar-refractivity contribution in [3.63, 3.8) is 0 Å². The molecule has 1 N–H and O–H groups in total. The summed E-state index contributed by atoms with van der Waals surface area (Å²) in [5, 5.41) is 11.6. The van der Waals surface area contributed by atoms with Crippen molar-refractivity contribution >= 4 is 23.1 Å². The summed E-state index contributed by atoms with van der Waals surface area (Å²) in [7, 11) is 3.05. The Kier molecular flexibility index (Phi) is 7.25. The molecule has 1 atom stereocenters. The van der Waals surface area contributed by atoms with Crippen LogP contribution in [0.25, 0.3) is 5.76 Å². The lowest BCUT2D eigenvalue weighted by Crippen LogP contribution is -2.29. The minimum Gasteiger partial charge on any atom is -0.507 e. The highest BCUT2D eigenvalue weighted by molar-refractivity contribution is 6.51. The van der Waals surface area contributed by atoms with Gasteiger partial charge in [0.2, 0.25) is 0 Å². The molecule has 1 amide bonds. The Labute approximate surface area is 216 Å². The third-order valence-corrected chi connectivity index (χ3v) is 6.41. The average molecular weight is 502 g/mol. The maximum Gasteiger partial charge on any atom is 0.300 e. The van der Waals surface area contributed by atoms with Crippen molar-refractivity contribution in [3.05, 3.63) is 88.0 Å². The van der Waals surface area contributed by atoms with E-state index in [0.29, 0.717) is 40.7 Å². The summed E-state index contributed by atoms with van der Waals surface area (Å²) in [4.78, 5) is 28.5. The molecule has 1 fully saturated rings. The summed E-state index contributed by atoms with van der Waals surface area (Å²) in [6, 6.07) is 15.4. The van der Waals surface area contributed by atoms with Crippen molar-refractivity contribution in [2.45, 2.75) is 33.7 Å². The normalized spacial score (nSPS) is 16.7. The molecule has 0 aliphatic carbocycles. The van der Waals surface area contributed by atoms with E-state index in [0.717, 1.165) is 16.7 Å². The SMILES string of the molecule is CCOc1cc(C2/C(=C(\O)c3cc(C)cc(C)c3OC)C(=O)C(=O)N2c2cccc(C)c2)ccc1OC. The third kappa shape index (κ3) is 4.65. The van der Waals surface area contributed by atoms with Crippen LogP contribution < -0.4 is 19.1 Å². The van der Waals surface area contributed by atoms with Crippen molar-refractivity contribution in [2.24, 2.45) is 0 Å². The number of Topliss-reactive ketones (excluding diaryl/α,β-unsaturated/α-hetero) is 1. The second-order valence-corrected chi connectivity index (χ2v) is 9.01. The molecule has 37 heavy (non-hydrogen) atoms. The third-order valence-electron chi connectivity index (χ3n) is 6.41. The Balaban J connectivity index is 2.03. The van der Waals surface area contributed by atoms with Gasteiger partial charge in [-0.25, -0.2) is 0 Å². The maximum absolute atomic E-state index is 13.6. The van der Waals surface area contributed by atoms with Crippen LogP contribution in [0.15, 0.2) is 60.2 Å². The number of ether oxygens (including phenoxy) is 3.